The van der Waals surface area contributed by atoms with Gasteiger partial charge in [-0.15, -0.1) is 11.6 Å². The van der Waals surface area contributed by atoms with Gasteiger partial charge in [0.2, 0.25) is 0 Å². The lowest BCUT2D eigenvalue weighted by Crippen LogP contribution is -2.45. The molecule has 0 saturated carbocycles. The number of piperidine rings is 1. The van der Waals surface area contributed by atoms with E-state index >= 15 is 0 Å². The van der Waals surface area contributed by atoms with Gasteiger partial charge in [-0.25, -0.2) is 8.78 Å². The molecule has 0 amide bonds. The van der Waals surface area contributed by atoms with Gasteiger partial charge in [-0.05, 0) is 24.8 Å². The average Bonchev–Trinajstić information content (AvgIpc) is 2.59. The Hall–Kier alpha value is -1.03. The zero-order valence-corrected chi connectivity index (χ0v) is 15.7. The monoisotopic (exact) mass is 397 g/mol. The molecule has 1 aliphatic heterocycles. The molecule has 0 atom stereocenters. The number of pyridine rings is 1. The molecule has 2 heterocycles. The molecule has 0 spiro atoms. The number of aromatic nitrogens is 1. The third-order valence-corrected chi connectivity index (χ3v) is 6.38. The number of hydrogen-bond acceptors (Lipinski definition) is 4. The first-order valence-corrected chi connectivity index (χ1v) is 9.82. The van der Waals surface area contributed by atoms with Crippen molar-refractivity contribution in [1.29, 1.82) is 0 Å². The fourth-order valence-electron chi connectivity index (χ4n) is 2.61. The molecule has 0 N–H and O–H groups in total. The van der Waals surface area contributed by atoms with Gasteiger partial charge in [-0.3, -0.25) is 4.98 Å². The SMILES string of the molecule is CN(C)S(=O)(=O)N1CCC(COc2cnc(CCl)cc2C(F)F)CC1. The van der Waals surface area contributed by atoms with Crippen LogP contribution in [0.1, 0.15) is 30.5 Å². The van der Waals surface area contributed by atoms with E-state index in [-0.39, 0.29) is 29.7 Å². The molecule has 6 nitrogen and oxygen atoms in total. The van der Waals surface area contributed by atoms with Gasteiger partial charge in [-0.1, -0.05) is 0 Å². The average molecular weight is 398 g/mol. The maximum atomic E-state index is 13.1. The number of nitrogens with zero attached hydrogens (tertiary/aromatic N) is 3. The van der Waals surface area contributed by atoms with Crippen LogP contribution < -0.4 is 4.74 Å². The zero-order valence-electron chi connectivity index (χ0n) is 14.2. The Labute approximate surface area is 151 Å². The van der Waals surface area contributed by atoms with Crippen molar-refractivity contribution in [2.45, 2.75) is 25.1 Å². The summed E-state index contributed by atoms with van der Waals surface area (Å²) < 4.78 is 58.6. The van der Waals surface area contributed by atoms with Crippen LogP contribution in [0, 0.1) is 5.92 Å². The summed E-state index contributed by atoms with van der Waals surface area (Å²) in [5.74, 6) is 0.206. The second-order valence-corrected chi connectivity index (χ2v) is 8.50. The van der Waals surface area contributed by atoms with Crippen LogP contribution in [0.25, 0.3) is 0 Å². The van der Waals surface area contributed by atoms with Crippen molar-refractivity contribution in [2.24, 2.45) is 5.92 Å². The van der Waals surface area contributed by atoms with E-state index in [1.165, 1.54) is 35.0 Å². The number of halogens is 3. The minimum absolute atomic E-state index is 0.0483. The fraction of sp³-hybridized carbons (Fsp3) is 0.667. The molecule has 0 unspecified atom stereocenters. The zero-order chi connectivity index (χ0) is 18.6. The highest BCUT2D eigenvalue weighted by molar-refractivity contribution is 7.86. The van der Waals surface area contributed by atoms with E-state index in [0.717, 1.165) is 0 Å². The second-order valence-electron chi connectivity index (χ2n) is 6.09. The molecular weight excluding hydrogens is 376 g/mol. The quantitative estimate of drug-likeness (QED) is 0.663. The first-order chi connectivity index (χ1) is 11.8. The summed E-state index contributed by atoms with van der Waals surface area (Å²) in [6.45, 7) is 1.02. The smallest absolute Gasteiger partial charge is 0.281 e. The minimum atomic E-state index is -3.41. The van der Waals surface area contributed by atoms with Crippen molar-refractivity contribution >= 4 is 21.8 Å². The first kappa shape index (κ1) is 20.3. The number of alkyl halides is 3. The van der Waals surface area contributed by atoms with Gasteiger partial charge in [0.1, 0.15) is 5.75 Å². The minimum Gasteiger partial charge on any atom is -0.491 e. The predicted molar refractivity (Wildman–Crippen MR) is 91.1 cm³/mol. The summed E-state index contributed by atoms with van der Waals surface area (Å²) >= 11 is 5.62. The summed E-state index contributed by atoms with van der Waals surface area (Å²) in [6, 6.07) is 1.25. The third kappa shape index (κ3) is 4.99. The van der Waals surface area contributed by atoms with E-state index in [2.05, 4.69) is 4.98 Å². The Balaban J connectivity index is 1.94. The highest BCUT2D eigenvalue weighted by Gasteiger charge is 2.30. The molecule has 0 bridgehead atoms. The first-order valence-electron chi connectivity index (χ1n) is 7.89. The lowest BCUT2D eigenvalue weighted by atomic mass is 9.99. The Morgan fingerprint density at radius 3 is 2.56 bits per heavy atom. The number of rotatable bonds is 7. The lowest BCUT2D eigenvalue weighted by molar-refractivity contribution is 0.137. The molecule has 0 aliphatic carbocycles. The molecule has 142 valence electrons. The topological polar surface area (TPSA) is 62.7 Å². The Morgan fingerprint density at radius 1 is 1.40 bits per heavy atom. The van der Waals surface area contributed by atoms with Crippen molar-refractivity contribution in [2.75, 3.05) is 33.8 Å². The van der Waals surface area contributed by atoms with Crippen molar-refractivity contribution in [3.05, 3.63) is 23.5 Å². The fourth-order valence-corrected chi connectivity index (χ4v) is 3.89. The normalized spacial score (nSPS) is 17.4. The molecule has 1 fully saturated rings. The van der Waals surface area contributed by atoms with Crippen LogP contribution >= 0.6 is 11.6 Å². The number of hydrogen-bond donors (Lipinski definition) is 0. The molecule has 1 saturated heterocycles. The maximum Gasteiger partial charge on any atom is 0.281 e. The summed E-state index contributed by atoms with van der Waals surface area (Å²) in [6.07, 6.45) is -0.175. The van der Waals surface area contributed by atoms with E-state index in [1.54, 1.807) is 0 Å². The van der Waals surface area contributed by atoms with Crippen LogP contribution in [-0.4, -0.2) is 55.8 Å². The summed E-state index contributed by atoms with van der Waals surface area (Å²) in [5, 5.41) is 0. The largest absolute Gasteiger partial charge is 0.491 e. The molecule has 0 radical (unpaired) electrons. The van der Waals surface area contributed by atoms with E-state index in [0.29, 0.717) is 31.6 Å². The third-order valence-electron chi connectivity index (χ3n) is 4.16. The predicted octanol–water partition coefficient (Wildman–Crippen LogP) is 2.66. The summed E-state index contributed by atoms with van der Waals surface area (Å²) in [7, 11) is -0.424. The summed E-state index contributed by atoms with van der Waals surface area (Å²) in [5.41, 5.74) is 0.143. The van der Waals surface area contributed by atoms with E-state index in [4.69, 9.17) is 16.3 Å². The van der Waals surface area contributed by atoms with Gasteiger partial charge >= 0.3 is 0 Å². The van der Waals surface area contributed by atoms with Crippen LogP contribution in [0.2, 0.25) is 0 Å². The summed E-state index contributed by atoms with van der Waals surface area (Å²) in [4.78, 5) is 3.98. The van der Waals surface area contributed by atoms with Crippen LogP contribution in [0.3, 0.4) is 0 Å². The van der Waals surface area contributed by atoms with E-state index in [9.17, 15) is 17.2 Å². The molecule has 25 heavy (non-hydrogen) atoms. The van der Waals surface area contributed by atoms with Gasteiger partial charge in [0.05, 0.1) is 29.9 Å². The standard InChI is InChI=1S/C15H22ClF2N3O3S/c1-20(2)25(22,23)21-5-3-11(4-6-21)10-24-14-9-19-12(8-16)7-13(14)15(17)18/h7,9,11,15H,3-6,8,10H2,1-2H3. The van der Waals surface area contributed by atoms with Crippen LogP contribution in [0.5, 0.6) is 5.75 Å². The number of ether oxygens (including phenoxy) is 1. The van der Waals surface area contributed by atoms with Crippen LogP contribution in [-0.2, 0) is 16.1 Å². The van der Waals surface area contributed by atoms with Crippen molar-refractivity contribution in [1.82, 2.24) is 13.6 Å². The Kier molecular flexibility index (Phi) is 6.95. The molecule has 1 aromatic rings. The van der Waals surface area contributed by atoms with E-state index in [1.807, 2.05) is 0 Å². The van der Waals surface area contributed by atoms with Gasteiger partial charge in [0.15, 0.2) is 0 Å². The Bertz CT molecular complexity index is 681. The molecule has 10 heteroatoms. The van der Waals surface area contributed by atoms with Crippen LogP contribution in [0.15, 0.2) is 12.3 Å². The van der Waals surface area contributed by atoms with Crippen molar-refractivity contribution in [3.8, 4) is 5.75 Å². The molecule has 2 rings (SSSR count). The van der Waals surface area contributed by atoms with E-state index < -0.39 is 16.6 Å². The molecule has 1 aromatic heterocycles. The van der Waals surface area contributed by atoms with Gasteiger partial charge < -0.3 is 4.74 Å². The van der Waals surface area contributed by atoms with Gasteiger partial charge in [-0.2, -0.15) is 17.0 Å². The second kappa shape index (κ2) is 8.57. The van der Waals surface area contributed by atoms with Crippen LogP contribution in [0.4, 0.5) is 8.78 Å². The maximum absolute atomic E-state index is 13.1. The molecule has 1 aliphatic rings. The Morgan fingerprint density at radius 2 is 2.04 bits per heavy atom. The van der Waals surface area contributed by atoms with Crippen molar-refractivity contribution in [3.63, 3.8) is 0 Å². The molecule has 0 aromatic carbocycles. The highest BCUT2D eigenvalue weighted by atomic mass is 35.5. The van der Waals surface area contributed by atoms with Gasteiger partial charge in [0, 0.05) is 27.2 Å². The van der Waals surface area contributed by atoms with Gasteiger partial charge in [0.25, 0.3) is 16.6 Å². The highest BCUT2D eigenvalue weighted by Crippen LogP contribution is 2.30. The molecular formula is C15H22ClF2N3O3S. The van der Waals surface area contributed by atoms with Crippen molar-refractivity contribution < 1.29 is 21.9 Å². The lowest BCUT2D eigenvalue weighted by Gasteiger charge is -2.32.